The number of rotatable bonds is 3. The molecule has 1 aliphatic heterocycles. The molecule has 0 radical (unpaired) electrons. The van der Waals surface area contributed by atoms with Crippen molar-refractivity contribution in [2.45, 2.75) is 6.92 Å². The highest BCUT2D eigenvalue weighted by atomic mass is 32.2. The van der Waals surface area contributed by atoms with Gasteiger partial charge in [-0.05, 0) is 6.92 Å². The topological polar surface area (TPSA) is 97.0 Å². The summed E-state index contributed by atoms with van der Waals surface area (Å²) in [7, 11) is 0. The van der Waals surface area contributed by atoms with Crippen molar-refractivity contribution in [3.8, 4) is 12.1 Å². The zero-order valence-corrected chi connectivity index (χ0v) is 10.0. The number of thioether (sulfide) groups is 1. The molecule has 17 heavy (non-hydrogen) atoms. The minimum Gasteiger partial charge on any atom is -0.338 e. The molecule has 1 heterocycles. The lowest BCUT2D eigenvalue weighted by atomic mass is 10.3. The van der Waals surface area contributed by atoms with E-state index in [0.717, 1.165) is 0 Å². The van der Waals surface area contributed by atoms with E-state index in [-0.39, 0.29) is 23.8 Å². The average Bonchev–Trinajstić information content (AvgIpc) is 2.69. The minimum atomic E-state index is -0.621. The number of carbonyl (C=O) groups is 2. The summed E-state index contributed by atoms with van der Waals surface area (Å²) in [5, 5.41) is 20.0. The Kier molecular flexibility index (Phi) is 4.56. The van der Waals surface area contributed by atoms with Crippen molar-refractivity contribution in [3.05, 3.63) is 10.6 Å². The van der Waals surface area contributed by atoms with Crippen LogP contribution >= 0.6 is 11.8 Å². The summed E-state index contributed by atoms with van der Waals surface area (Å²) in [5.41, 5.74) is -0.113. The smallest absolute Gasteiger partial charge is 0.265 e. The van der Waals surface area contributed by atoms with Crippen LogP contribution in [0, 0.1) is 22.7 Å². The van der Waals surface area contributed by atoms with Crippen LogP contribution in [0.4, 0.5) is 0 Å². The molecule has 0 spiro atoms. The number of hydrogen-bond acceptors (Lipinski definition) is 5. The second kappa shape index (κ2) is 5.92. The van der Waals surface area contributed by atoms with Gasteiger partial charge in [0.25, 0.3) is 5.91 Å². The molecule has 1 saturated heterocycles. The molecular weight excluding hydrogens is 240 g/mol. The monoisotopic (exact) mass is 250 g/mol. The molecular formula is C10H10N4O2S. The maximum Gasteiger partial charge on any atom is 0.265 e. The van der Waals surface area contributed by atoms with Crippen LogP contribution in [0.25, 0.3) is 0 Å². The van der Waals surface area contributed by atoms with Crippen LogP contribution in [0.2, 0.25) is 0 Å². The number of hydrogen-bond donors (Lipinski definition) is 1. The summed E-state index contributed by atoms with van der Waals surface area (Å²) in [5.74, 6) is -0.502. The largest absolute Gasteiger partial charge is 0.338 e. The molecule has 2 amide bonds. The van der Waals surface area contributed by atoms with E-state index in [4.69, 9.17) is 10.5 Å². The molecule has 0 unspecified atom stereocenters. The van der Waals surface area contributed by atoms with Gasteiger partial charge in [0.05, 0.1) is 11.8 Å². The van der Waals surface area contributed by atoms with E-state index < -0.39 is 5.91 Å². The van der Waals surface area contributed by atoms with Crippen molar-refractivity contribution >= 4 is 23.6 Å². The van der Waals surface area contributed by atoms with Gasteiger partial charge in [-0.2, -0.15) is 10.5 Å². The van der Waals surface area contributed by atoms with Crippen molar-refractivity contribution in [1.82, 2.24) is 10.2 Å². The van der Waals surface area contributed by atoms with E-state index >= 15 is 0 Å². The Morgan fingerprint density at radius 3 is 2.82 bits per heavy atom. The van der Waals surface area contributed by atoms with Gasteiger partial charge in [0.1, 0.15) is 23.2 Å². The van der Waals surface area contributed by atoms with Crippen molar-refractivity contribution in [2.24, 2.45) is 0 Å². The summed E-state index contributed by atoms with van der Waals surface area (Å²) in [6.07, 6.45) is 0. The SMILES string of the molecule is CCN1C(=O)CSC1=C(C#N)C(=O)NCC#N. The lowest BCUT2D eigenvalue weighted by Gasteiger charge is -2.15. The van der Waals surface area contributed by atoms with Gasteiger partial charge in [0.15, 0.2) is 0 Å². The predicted octanol–water partition coefficient (Wildman–Crippen LogP) is -0.0433. The van der Waals surface area contributed by atoms with Gasteiger partial charge in [0, 0.05) is 6.54 Å². The van der Waals surface area contributed by atoms with Crippen LogP contribution in [0.5, 0.6) is 0 Å². The molecule has 0 aromatic rings. The highest BCUT2D eigenvalue weighted by molar-refractivity contribution is 8.04. The van der Waals surface area contributed by atoms with Crippen LogP contribution in [0.1, 0.15) is 6.92 Å². The van der Waals surface area contributed by atoms with Gasteiger partial charge >= 0.3 is 0 Å². The van der Waals surface area contributed by atoms with Crippen LogP contribution in [0.15, 0.2) is 10.6 Å². The second-order valence-corrected chi connectivity index (χ2v) is 4.02. The van der Waals surface area contributed by atoms with E-state index in [1.54, 1.807) is 19.1 Å². The first-order valence-corrected chi connectivity index (χ1v) is 5.87. The zero-order valence-electron chi connectivity index (χ0n) is 9.19. The fourth-order valence-corrected chi connectivity index (χ4v) is 2.42. The van der Waals surface area contributed by atoms with Crippen molar-refractivity contribution in [2.75, 3.05) is 18.8 Å². The Morgan fingerprint density at radius 1 is 1.59 bits per heavy atom. The van der Waals surface area contributed by atoms with Gasteiger partial charge in [-0.1, -0.05) is 11.8 Å². The van der Waals surface area contributed by atoms with Crippen molar-refractivity contribution < 1.29 is 9.59 Å². The van der Waals surface area contributed by atoms with Crippen molar-refractivity contribution in [1.29, 1.82) is 10.5 Å². The molecule has 0 aliphatic carbocycles. The maximum atomic E-state index is 11.6. The summed E-state index contributed by atoms with van der Waals surface area (Å²) < 4.78 is 0. The minimum absolute atomic E-state index is 0.113. The summed E-state index contributed by atoms with van der Waals surface area (Å²) in [6.45, 7) is 2.02. The number of nitrogens with zero attached hydrogens (tertiary/aromatic N) is 3. The Bertz CT molecular complexity index is 458. The molecule has 7 heteroatoms. The van der Waals surface area contributed by atoms with E-state index in [1.165, 1.54) is 16.7 Å². The molecule has 6 nitrogen and oxygen atoms in total. The fraction of sp³-hybridized carbons (Fsp3) is 0.400. The molecule has 1 N–H and O–H groups in total. The van der Waals surface area contributed by atoms with Crippen LogP contribution in [-0.2, 0) is 9.59 Å². The molecule has 1 fully saturated rings. The van der Waals surface area contributed by atoms with Gasteiger partial charge in [-0.25, -0.2) is 0 Å². The van der Waals surface area contributed by atoms with Crippen LogP contribution < -0.4 is 5.32 Å². The second-order valence-electron chi connectivity index (χ2n) is 3.06. The fourth-order valence-electron chi connectivity index (χ4n) is 1.33. The van der Waals surface area contributed by atoms with Crippen molar-refractivity contribution in [3.63, 3.8) is 0 Å². The highest BCUT2D eigenvalue weighted by Gasteiger charge is 2.30. The Balaban J connectivity index is 3.00. The molecule has 1 rings (SSSR count). The lowest BCUT2D eigenvalue weighted by Crippen LogP contribution is -2.29. The standard InChI is InChI=1S/C10H10N4O2S/c1-2-14-8(15)6-17-10(14)7(5-12)9(16)13-4-3-11/h2,4,6H2,1H3,(H,13,16). The molecule has 0 saturated carbocycles. The highest BCUT2D eigenvalue weighted by Crippen LogP contribution is 2.31. The predicted molar refractivity (Wildman–Crippen MR) is 61.1 cm³/mol. The van der Waals surface area contributed by atoms with Gasteiger partial charge in [-0.3, -0.25) is 9.59 Å². The third-order valence-corrected chi connectivity index (χ3v) is 3.16. The van der Waals surface area contributed by atoms with E-state index in [1.807, 2.05) is 0 Å². The molecule has 1 aliphatic rings. The maximum absolute atomic E-state index is 11.6. The number of nitrogens with one attached hydrogen (secondary N) is 1. The van der Waals surface area contributed by atoms with Gasteiger partial charge < -0.3 is 10.2 Å². The molecule has 0 bridgehead atoms. The number of nitriles is 2. The quantitative estimate of drug-likeness (QED) is 0.430. The van der Waals surface area contributed by atoms with E-state index in [9.17, 15) is 9.59 Å². The lowest BCUT2D eigenvalue weighted by molar-refractivity contribution is -0.125. The molecule has 88 valence electrons. The first-order chi connectivity index (χ1) is 8.15. The van der Waals surface area contributed by atoms with Gasteiger partial charge in [0.2, 0.25) is 5.91 Å². The Hall–Kier alpha value is -1.99. The number of carbonyl (C=O) groups excluding carboxylic acids is 2. The first kappa shape index (κ1) is 13.1. The van der Waals surface area contributed by atoms with Crippen LogP contribution in [0.3, 0.4) is 0 Å². The van der Waals surface area contributed by atoms with Gasteiger partial charge in [-0.15, -0.1) is 0 Å². The normalized spacial score (nSPS) is 17.4. The first-order valence-electron chi connectivity index (χ1n) is 4.88. The third kappa shape index (κ3) is 2.77. The molecule has 0 aromatic carbocycles. The van der Waals surface area contributed by atoms with Crippen LogP contribution in [-0.4, -0.2) is 35.6 Å². The molecule has 0 aromatic heterocycles. The molecule has 0 atom stereocenters. The number of amides is 2. The summed E-state index contributed by atoms with van der Waals surface area (Å²) in [4.78, 5) is 24.4. The zero-order chi connectivity index (χ0) is 12.8. The van der Waals surface area contributed by atoms with E-state index in [2.05, 4.69) is 5.32 Å². The van der Waals surface area contributed by atoms with E-state index in [0.29, 0.717) is 11.6 Å². The summed E-state index contributed by atoms with van der Waals surface area (Å²) in [6, 6.07) is 3.53. The summed E-state index contributed by atoms with van der Waals surface area (Å²) >= 11 is 1.17. The average molecular weight is 250 g/mol. The Labute approximate surface area is 103 Å². The third-order valence-electron chi connectivity index (χ3n) is 2.08. The Morgan fingerprint density at radius 2 is 2.29 bits per heavy atom.